The van der Waals surface area contributed by atoms with Gasteiger partial charge in [0.15, 0.2) is 11.0 Å². The average Bonchev–Trinajstić information content (AvgIpc) is 3.30. The van der Waals surface area contributed by atoms with Crippen LogP contribution in [0.3, 0.4) is 0 Å². The summed E-state index contributed by atoms with van der Waals surface area (Å²) in [4.78, 5) is 24.7. The summed E-state index contributed by atoms with van der Waals surface area (Å²) < 4.78 is 12.3. The molecule has 0 atom stereocenters. The number of hydrogen-bond acceptors (Lipinski definition) is 8. The second kappa shape index (κ2) is 8.34. The van der Waals surface area contributed by atoms with Crippen LogP contribution in [-0.2, 0) is 29.9 Å². The van der Waals surface area contributed by atoms with Gasteiger partial charge in [-0.3, -0.25) is 9.36 Å². The van der Waals surface area contributed by atoms with Gasteiger partial charge in [-0.05, 0) is 31.2 Å². The Hall–Kier alpha value is -1.71. The molecule has 3 heterocycles. The molecule has 0 fully saturated rings. The molecule has 0 saturated heterocycles. The van der Waals surface area contributed by atoms with Gasteiger partial charge in [0.05, 0.1) is 24.3 Å². The summed E-state index contributed by atoms with van der Waals surface area (Å²) in [5.74, 6) is 1.94. The number of nitrogens with zero attached hydrogens (tertiary/aromatic N) is 4. The minimum Gasteiger partial charge on any atom is -0.383 e. The van der Waals surface area contributed by atoms with Crippen molar-refractivity contribution in [3.8, 4) is 0 Å². The number of aryl methyl sites for hydroxylation is 2. The number of rotatable bonds is 7. The molecule has 1 aliphatic rings. The molecule has 3 aromatic rings. The molecule has 0 bridgehead atoms. The second-order valence-corrected chi connectivity index (χ2v) is 9.25. The molecule has 0 saturated carbocycles. The van der Waals surface area contributed by atoms with Gasteiger partial charge in [-0.15, -0.1) is 11.3 Å². The van der Waals surface area contributed by atoms with E-state index in [1.165, 1.54) is 28.6 Å². The fourth-order valence-electron chi connectivity index (χ4n) is 3.40. The molecule has 150 valence electrons. The van der Waals surface area contributed by atoms with Gasteiger partial charge in [-0.1, -0.05) is 30.8 Å². The summed E-state index contributed by atoms with van der Waals surface area (Å²) in [5, 5.41) is 5.49. The molecule has 0 unspecified atom stereocenters. The first-order chi connectivity index (χ1) is 13.6. The first kappa shape index (κ1) is 19.6. The van der Waals surface area contributed by atoms with Crippen LogP contribution >= 0.6 is 23.1 Å². The summed E-state index contributed by atoms with van der Waals surface area (Å²) in [5.41, 5.74) is 1.25. The molecule has 7 nitrogen and oxygen atoms in total. The normalized spacial score (nSPS) is 14.1. The number of fused-ring (bicyclic) bond motifs is 3. The van der Waals surface area contributed by atoms with Crippen LogP contribution < -0.4 is 5.56 Å². The topological polar surface area (TPSA) is 83.0 Å². The van der Waals surface area contributed by atoms with Gasteiger partial charge in [0.1, 0.15) is 4.83 Å². The van der Waals surface area contributed by atoms with Gasteiger partial charge in [0.2, 0.25) is 5.89 Å². The third-order valence-corrected chi connectivity index (χ3v) is 7.03. The van der Waals surface area contributed by atoms with E-state index in [1.807, 2.05) is 13.8 Å². The summed E-state index contributed by atoms with van der Waals surface area (Å²) >= 11 is 3.13. The van der Waals surface area contributed by atoms with E-state index >= 15 is 0 Å². The van der Waals surface area contributed by atoms with Crippen molar-refractivity contribution in [2.75, 3.05) is 13.7 Å². The molecule has 0 N–H and O–H groups in total. The predicted molar refractivity (Wildman–Crippen MR) is 110 cm³/mol. The fourth-order valence-corrected chi connectivity index (χ4v) is 5.56. The van der Waals surface area contributed by atoms with E-state index in [9.17, 15) is 4.79 Å². The van der Waals surface area contributed by atoms with Gasteiger partial charge < -0.3 is 9.26 Å². The molecule has 28 heavy (non-hydrogen) atoms. The van der Waals surface area contributed by atoms with Gasteiger partial charge in [0.25, 0.3) is 5.56 Å². The Morgan fingerprint density at radius 2 is 2.11 bits per heavy atom. The maximum Gasteiger partial charge on any atom is 0.263 e. The Labute approximate surface area is 171 Å². The molecule has 0 aliphatic heterocycles. The highest BCUT2D eigenvalue weighted by Crippen LogP contribution is 2.35. The van der Waals surface area contributed by atoms with Gasteiger partial charge >= 0.3 is 0 Å². The van der Waals surface area contributed by atoms with Crippen LogP contribution in [0.15, 0.2) is 14.5 Å². The van der Waals surface area contributed by atoms with Crippen LogP contribution in [0.2, 0.25) is 0 Å². The molecule has 9 heteroatoms. The lowest BCUT2D eigenvalue weighted by Crippen LogP contribution is -2.25. The third-order valence-electron chi connectivity index (χ3n) is 4.88. The van der Waals surface area contributed by atoms with Crippen molar-refractivity contribution < 1.29 is 9.26 Å². The lowest BCUT2D eigenvalue weighted by atomic mass is 9.97. The molecule has 0 aromatic carbocycles. The number of thiophene rings is 1. The number of methoxy groups -OCH3 is 1. The number of thioether (sulfide) groups is 1. The Kier molecular flexibility index (Phi) is 5.84. The molecule has 1 aliphatic carbocycles. The standard InChI is InChI=1S/C19H24N4O3S2/c1-11(2)16-20-14(26-22-16)10-27-19-21-17-15(18(24)23(19)8-9-25-3)12-6-4-5-7-13(12)28-17/h11H,4-10H2,1-3H3. The zero-order chi connectivity index (χ0) is 19.7. The molecule has 0 radical (unpaired) electrons. The minimum absolute atomic E-state index is 0.0392. The largest absolute Gasteiger partial charge is 0.383 e. The van der Waals surface area contributed by atoms with Crippen LogP contribution in [0.4, 0.5) is 0 Å². The number of ether oxygens (including phenoxy) is 1. The van der Waals surface area contributed by atoms with Crippen molar-refractivity contribution in [1.82, 2.24) is 19.7 Å². The lowest BCUT2D eigenvalue weighted by Gasteiger charge is -2.12. The quantitative estimate of drug-likeness (QED) is 0.425. The molecular weight excluding hydrogens is 396 g/mol. The summed E-state index contributed by atoms with van der Waals surface area (Å²) in [6, 6.07) is 0. The van der Waals surface area contributed by atoms with Crippen LogP contribution in [0.25, 0.3) is 10.2 Å². The van der Waals surface area contributed by atoms with E-state index in [2.05, 4.69) is 10.1 Å². The Bertz CT molecular complexity index is 1040. The third kappa shape index (κ3) is 3.75. The smallest absolute Gasteiger partial charge is 0.263 e. The van der Waals surface area contributed by atoms with Crippen molar-refractivity contribution in [1.29, 1.82) is 0 Å². The van der Waals surface area contributed by atoms with Crippen LogP contribution in [0, 0.1) is 0 Å². The Morgan fingerprint density at radius 3 is 2.86 bits per heavy atom. The van der Waals surface area contributed by atoms with Crippen molar-refractivity contribution >= 4 is 33.3 Å². The van der Waals surface area contributed by atoms with E-state index in [-0.39, 0.29) is 11.5 Å². The molecule has 4 rings (SSSR count). The maximum absolute atomic E-state index is 13.3. The molecule has 3 aromatic heterocycles. The van der Waals surface area contributed by atoms with Crippen molar-refractivity contribution in [3.05, 3.63) is 32.5 Å². The highest BCUT2D eigenvalue weighted by Gasteiger charge is 2.22. The predicted octanol–water partition coefficient (Wildman–Crippen LogP) is 3.78. The maximum atomic E-state index is 13.3. The average molecular weight is 421 g/mol. The summed E-state index contributed by atoms with van der Waals surface area (Å²) in [6.07, 6.45) is 4.36. The Balaban J connectivity index is 1.70. The summed E-state index contributed by atoms with van der Waals surface area (Å²) in [7, 11) is 1.64. The van der Waals surface area contributed by atoms with Gasteiger partial charge in [-0.25, -0.2) is 4.98 Å². The van der Waals surface area contributed by atoms with E-state index in [0.717, 1.165) is 29.5 Å². The fraction of sp³-hybridized carbons (Fsp3) is 0.579. The second-order valence-electron chi connectivity index (χ2n) is 7.22. The zero-order valence-corrected chi connectivity index (χ0v) is 18.0. The van der Waals surface area contributed by atoms with Crippen molar-refractivity contribution in [2.24, 2.45) is 0 Å². The molecular formula is C19H24N4O3S2. The highest BCUT2D eigenvalue weighted by molar-refractivity contribution is 7.98. The first-order valence-electron chi connectivity index (χ1n) is 9.57. The van der Waals surface area contributed by atoms with Crippen molar-refractivity contribution in [2.45, 2.75) is 62.9 Å². The molecule has 0 amide bonds. The SMILES string of the molecule is COCCn1c(SCc2nc(C(C)C)no2)nc2sc3c(c2c1=O)CCCC3. The van der Waals surface area contributed by atoms with Crippen LogP contribution in [0.1, 0.15) is 54.8 Å². The summed E-state index contributed by atoms with van der Waals surface area (Å²) in [6.45, 7) is 4.99. The van der Waals surface area contributed by atoms with E-state index in [4.69, 9.17) is 14.2 Å². The van der Waals surface area contributed by atoms with Crippen LogP contribution in [0.5, 0.6) is 0 Å². The van der Waals surface area contributed by atoms with Crippen LogP contribution in [-0.4, -0.2) is 33.4 Å². The Morgan fingerprint density at radius 1 is 1.29 bits per heavy atom. The monoisotopic (exact) mass is 420 g/mol. The van der Waals surface area contributed by atoms with E-state index in [0.29, 0.717) is 35.8 Å². The van der Waals surface area contributed by atoms with Gasteiger partial charge in [-0.2, -0.15) is 4.98 Å². The highest BCUT2D eigenvalue weighted by atomic mass is 32.2. The first-order valence-corrected chi connectivity index (χ1v) is 11.4. The minimum atomic E-state index is 0.0392. The number of aromatic nitrogens is 4. The zero-order valence-electron chi connectivity index (χ0n) is 16.4. The van der Waals surface area contributed by atoms with E-state index < -0.39 is 0 Å². The van der Waals surface area contributed by atoms with E-state index in [1.54, 1.807) is 23.0 Å². The number of hydrogen-bond donors (Lipinski definition) is 0. The molecule has 0 spiro atoms. The lowest BCUT2D eigenvalue weighted by molar-refractivity contribution is 0.183. The van der Waals surface area contributed by atoms with Gasteiger partial charge in [0, 0.05) is 17.9 Å². The van der Waals surface area contributed by atoms with Crippen molar-refractivity contribution in [3.63, 3.8) is 0 Å².